The molecule has 0 aliphatic rings. The normalized spacial score (nSPS) is 10.4. The van der Waals surface area contributed by atoms with Crippen molar-refractivity contribution in [3.05, 3.63) is 64.6 Å². The summed E-state index contributed by atoms with van der Waals surface area (Å²) >= 11 is 3.21. The molecule has 0 unspecified atom stereocenters. The molecule has 28 heavy (non-hydrogen) atoms. The van der Waals surface area contributed by atoms with Gasteiger partial charge in [-0.1, -0.05) is 28.1 Å². The first kappa shape index (κ1) is 19.6. The Balaban J connectivity index is 1.89. The Labute approximate surface area is 169 Å². The van der Waals surface area contributed by atoms with E-state index in [1.54, 1.807) is 43.3 Å². The van der Waals surface area contributed by atoms with E-state index in [2.05, 4.69) is 36.5 Å². The number of rotatable bonds is 6. The summed E-state index contributed by atoms with van der Waals surface area (Å²) in [5, 5.41) is 5.86. The number of halogens is 2. The van der Waals surface area contributed by atoms with Crippen LogP contribution in [0.3, 0.4) is 0 Å². The van der Waals surface area contributed by atoms with Crippen molar-refractivity contribution in [3.63, 3.8) is 0 Å². The minimum Gasteiger partial charge on any atom is -0.462 e. The fourth-order valence-electron chi connectivity index (χ4n) is 2.42. The van der Waals surface area contributed by atoms with Crippen LogP contribution in [0.15, 0.2) is 53.3 Å². The van der Waals surface area contributed by atoms with Gasteiger partial charge in [-0.15, -0.1) is 0 Å². The first-order chi connectivity index (χ1) is 13.5. The number of anilines is 5. The lowest BCUT2D eigenvalue weighted by molar-refractivity contribution is 0.0527. The third-order valence-corrected chi connectivity index (χ3v) is 4.24. The smallest absolute Gasteiger partial charge is 0.340 e. The molecule has 0 saturated heterocycles. The second-order valence-corrected chi connectivity index (χ2v) is 6.54. The molecule has 1 heterocycles. The Bertz CT molecular complexity index is 1020. The molecular weight excluding hydrogens is 429 g/mol. The van der Waals surface area contributed by atoms with Gasteiger partial charge in [0, 0.05) is 4.47 Å². The highest BCUT2D eigenvalue weighted by Gasteiger charge is 2.15. The van der Waals surface area contributed by atoms with Gasteiger partial charge in [0.05, 0.1) is 23.5 Å². The zero-order chi connectivity index (χ0) is 20.1. The summed E-state index contributed by atoms with van der Waals surface area (Å²) in [5.41, 5.74) is 7.35. The van der Waals surface area contributed by atoms with E-state index in [9.17, 15) is 9.18 Å². The predicted molar refractivity (Wildman–Crippen MR) is 110 cm³/mol. The number of ether oxygens (including phenoxy) is 1. The first-order valence-electron chi connectivity index (χ1n) is 8.35. The number of nitrogen functional groups attached to an aromatic ring is 1. The van der Waals surface area contributed by atoms with Crippen LogP contribution >= 0.6 is 15.9 Å². The van der Waals surface area contributed by atoms with Crippen molar-refractivity contribution in [1.29, 1.82) is 0 Å². The highest BCUT2D eigenvalue weighted by Crippen LogP contribution is 2.30. The van der Waals surface area contributed by atoms with Gasteiger partial charge in [-0.05, 0) is 37.3 Å². The van der Waals surface area contributed by atoms with E-state index in [1.165, 1.54) is 12.4 Å². The van der Waals surface area contributed by atoms with Crippen LogP contribution in [0.5, 0.6) is 0 Å². The van der Waals surface area contributed by atoms with Gasteiger partial charge in [-0.2, -0.15) is 0 Å². The number of carbonyl (C=O) groups is 1. The van der Waals surface area contributed by atoms with Crippen LogP contribution in [0.4, 0.5) is 33.1 Å². The average Bonchev–Trinajstić information content (AvgIpc) is 2.67. The molecule has 4 N–H and O–H groups in total. The van der Waals surface area contributed by atoms with Crippen molar-refractivity contribution >= 4 is 50.6 Å². The molecule has 3 rings (SSSR count). The number of hydrogen-bond acceptors (Lipinski definition) is 7. The van der Waals surface area contributed by atoms with Gasteiger partial charge in [-0.25, -0.2) is 19.2 Å². The molecule has 7 nitrogen and oxygen atoms in total. The molecule has 0 saturated carbocycles. The van der Waals surface area contributed by atoms with Crippen molar-refractivity contribution in [3.8, 4) is 0 Å². The number of carbonyl (C=O) groups excluding carboxylic acids is 1. The van der Waals surface area contributed by atoms with Gasteiger partial charge in [0.15, 0.2) is 11.6 Å². The van der Waals surface area contributed by atoms with Crippen LogP contribution in [0.25, 0.3) is 0 Å². The van der Waals surface area contributed by atoms with Gasteiger partial charge >= 0.3 is 5.97 Å². The second kappa shape index (κ2) is 8.66. The zero-order valence-corrected chi connectivity index (χ0v) is 16.5. The van der Waals surface area contributed by atoms with E-state index in [-0.39, 0.29) is 29.6 Å². The minimum absolute atomic E-state index is 0.170. The molecule has 0 aliphatic carbocycles. The third kappa shape index (κ3) is 4.37. The summed E-state index contributed by atoms with van der Waals surface area (Å²) in [7, 11) is 0. The van der Waals surface area contributed by atoms with Crippen molar-refractivity contribution in [2.75, 3.05) is 23.0 Å². The van der Waals surface area contributed by atoms with Crippen molar-refractivity contribution in [2.45, 2.75) is 6.92 Å². The maximum Gasteiger partial charge on any atom is 0.340 e. The number of aromatic nitrogens is 2. The Morgan fingerprint density at radius 3 is 2.50 bits per heavy atom. The lowest BCUT2D eigenvalue weighted by Crippen LogP contribution is -2.10. The fourth-order valence-corrected chi connectivity index (χ4v) is 2.75. The van der Waals surface area contributed by atoms with Gasteiger partial charge in [0.2, 0.25) is 0 Å². The topological polar surface area (TPSA) is 102 Å². The Morgan fingerprint density at radius 1 is 1.14 bits per heavy atom. The van der Waals surface area contributed by atoms with Crippen molar-refractivity contribution in [1.82, 2.24) is 9.97 Å². The Morgan fingerprint density at radius 2 is 1.82 bits per heavy atom. The second-order valence-electron chi connectivity index (χ2n) is 5.62. The molecule has 0 bridgehead atoms. The summed E-state index contributed by atoms with van der Waals surface area (Å²) in [6.45, 7) is 1.99. The fraction of sp³-hybridized carbons (Fsp3) is 0.105. The van der Waals surface area contributed by atoms with Gasteiger partial charge in [-0.3, -0.25) is 0 Å². The SMILES string of the molecule is CCOC(=O)c1ccccc1Nc1ncnc(Nc2ccc(Br)cc2F)c1N. The van der Waals surface area contributed by atoms with E-state index >= 15 is 0 Å². The molecule has 0 radical (unpaired) electrons. The summed E-state index contributed by atoms with van der Waals surface area (Å²) in [4.78, 5) is 20.3. The molecule has 0 atom stereocenters. The van der Waals surface area contributed by atoms with E-state index < -0.39 is 11.8 Å². The van der Waals surface area contributed by atoms with Crippen LogP contribution in [0.1, 0.15) is 17.3 Å². The zero-order valence-electron chi connectivity index (χ0n) is 14.9. The maximum atomic E-state index is 14.1. The number of benzene rings is 2. The molecule has 144 valence electrons. The number of esters is 1. The van der Waals surface area contributed by atoms with E-state index in [1.807, 2.05) is 0 Å². The van der Waals surface area contributed by atoms with Gasteiger partial charge < -0.3 is 21.1 Å². The van der Waals surface area contributed by atoms with Crippen LogP contribution < -0.4 is 16.4 Å². The lowest BCUT2D eigenvalue weighted by Gasteiger charge is -2.14. The number of para-hydroxylation sites is 1. The highest BCUT2D eigenvalue weighted by molar-refractivity contribution is 9.10. The lowest BCUT2D eigenvalue weighted by atomic mass is 10.2. The molecule has 9 heteroatoms. The van der Waals surface area contributed by atoms with Crippen molar-refractivity contribution in [2.24, 2.45) is 0 Å². The van der Waals surface area contributed by atoms with Gasteiger partial charge in [0.25, 0.3) is 0 Å². The minimum atomic E-state index is -0.464. The average molecular weight is 446 g/mol. The Kier molecular flexibility index (Phi) is 6.05. The van der Waals surface area contributed by atoms with Gasteiger partial charge in [0.1, 0.15) is 17.8 Å². The van der Waals surface area contributed by atoms with E-state index in [0.29, 0.717) is 15.7 Å². The van der Waals surface area contributed by atoms with Crippen LogP contribution in [0.2, 0.25) is 0 Å². The standard InChI is InChI=1S/C19H17BrFN5O2/c1-2-28-19(27)12-5-3-4-6-14(12)25-17-16(22)18(24-10-23-17)26-15-8-7-11(20)9-13(15)21/h3-10H,2,22H2,1H3,(H2,23,24,25,26). The maximum absolute atomic E-state index is 14.1. The van der Waals surface area contributed by atoms with E-state index in [0.717, 1.165) is 0 Å². The Hall–Kier alpha value is -3.20. The molecular formula is C19H17BrFN5O2. The molecule has 2 aromatic carbocycles. The number of nitrogens with zero attached hydrogens (tertiary/aromatic N) is 2. The molecule has 0 fully saturated rings. The van der Waals surface area contributed by atoms with Crippen LogP contribution in [-0.4, -0.2) is 22.5 Å². The van der Waals surface area contributed by atoms with Crippen LogP contribution in [0, 0.1) is 5.82 Å². The summed E-state index contributed by atoms with van der Waals surface area (Å²) in [5.74, 6) is -0.429. The van der Waals surface area contributed by atoms with Crippen LogP contribution in [-0.2, 0) is 4.74 Å². The molecule has 0 amide bonds. The quantitative estimate of drug-likeness (QED) is 0.475. The van der Waals surface area contributed by atoms with Crippen molar-refractivity contribution < 1.29 is 13.9 Å². The molecule has 1 aromatic heterocycles. The largest absolute Gasteiger partial charge is 0.462 e. The summed E-state index contributed by atoms with van der Waals surface area (Å²) < 4.78 is 19.8. The highest BCUT2D eigenvalue weighted by atomic mass is 79.9. The number of hydrogen-bond donors (Lipinski definition) is 3. The number of nitrogens with two attached hydrogens (primary N) is 1. The van der Waals surface area contributed by atoms with E-state index in [4.69, 9.17) is 10.5 Å². The molecule has 0 spiro atoms. The summed E-state index contributed by atoms with van der Waals surface area (Å²) in [6, 6.07) is 11.4. The summed E-state index contributed by atoms with van der Waals surface area (Å²) in [6.07, 6.45) is 1.28. The number of nitrogens with one attached hydrogen (secondary N) is 2. The molecule has 0 aliphatic heterocycles. The third-order valence-electron chi connectivity index (χ3n) is 3.74. The first-order valence-corrected chi connectivity index (χ1v) is 9.14. The predicted octanol–water partition coefficient (Wildman–Crippen LogP) is 4.62. The monoisotopic (exact) mass is 445 g/mol. The molecule has 3 aromatic rings.